The van der Waals surface area contributed by atoms with Crippen LogP contribution in [0.2, 0.25) is 0 Å². The van der Waals surface area contributed by atoms with Crippen LogP contribution in [0.15, 0.2) is 6.07 Å². The second-order valence-corrected chi connectivity index (χ2v) is 7.94. The quantitative estimate of drug-likeness (QED) is 0.795. The first kappa shape index (κ1) is 19.3. The Kier molecular flexibility index (Phi) is 6.33. The van der Waals surface area contributed by atoms with Gasteiger partial charge in [0.25, 0.3) is 0 Å². The molecule has 1 N–H and O–H groups in total. The average Bonchev–Trinajstić information content (AvgIpc) is 2.54. The maximum atomic E-state index is 10.5. The highest BCUT2D eigenvalue weighted by Crippen LogP contribution is 2.43. The van der Waals surface area contributed by atoms with E-state index in [1.54, 1.807) is 14.2 Å². The molecule has 1 aliphatic rings. The van der Waals surface area contributed by atoms with Gasteiger partial charge in [-0.1, -0.05) is 20.8 Å². The number of rotatable bonds is 7. The highest BCUT2D eigenvalue weighted by atomic mass is 16.5. The van der Waals surface area contributed by atoms with Crippen molar-refractivity contribution in [3.63, 3.8) is 0 Å². The summed E-state index contributed by atoms with van der Waals surface area (Å²) in [6.45, 7) is 9.63. The van der Waals surface area contributed by atoms with E-state index >= 15 is 0 Å². The van der Waals surface area contributed by atoms with Crippen LogP contribution in [-0.2, 0) is 27.7 Å². The molecule has 0 radical (unpaired) electrons. The maximum Gasteiger partial charge on any atom is 0.119 e. The Morgan fingerprint density at radius 3 is 2.62 bits per heavy atom. The predicted octanol–water partition coefficient (Wildman–Crippen LogP) is 4.54. The van der Waals surface area contributed by atoms with Crippen molar-refractivity contribution in [1.82, 2.24) is 0 Å². The zero-order valence-corrected chi connectivity index (χ0v) is 16.2. The first-order chi connectivity index (χ1) is 11.3. The fourth-order valence-electron chi connectivity index (χ4n) is 4.15. The number of hydrogen-bond acceptors (Lipinski definition) is 3. The molecule has 0 saturated heterocycles. The van der Waals surface area contributed by atoms with Crippen LogP contribution in [-0.4, -0.2) is 32.0 Å². The number of fused-ring (bicyclic) bond motifs is 1. The molecule has 1 aliphatic carbocycles. The Morgan fingerprint density at radius 2 is 2.00 bits per heavy atom. The van der Waals surface area contributed by atoms with Crippen molar-refractivity contribution in [3.8, 4) is 5.75 Å². The molecule has 0 heterocycles. The number of phenolic OH excluding ortho intramolecular Hbond substituents is 1. The minimum atomic E-state index is -0.0655. The molecule has 136 valence electrons. The molecule has 0 spiro atoms. The summed E-state index contributed by atoms with van der Waals surface area (Å²) in [6, 6.07) is 1.98. The van der Waals surface area contributed by atoms with E-state index in [2.05, 4.69) is 27.7 Å². The standard InChI is InChI=1S/C21H34O3/c1-14(11-12-23-5)7-8-16-15(2)19(22)13-18-17(16)9-10-20(24-6)21(18,3)4/h13-14,20,22H,7-12H2,1-6H3/t14-,20-/m0/s1. The molecule has 0 aromatic heterocycles. The first-order valence-corrected chi connectivity index (χ1v) is 9.19. The molecule has 2 rings (SSSR count). The molecule has 0 bridgehead atoms. The molecule has 2 atom stereocenters. The van der Waals surface area contributed by atoms with Crippen LogP contribution in [0.3, 0.4) is 0 Å². The van der Waals surface area contributed by atoms with E-state index < -0.39 is 0 Å². The Labute approximate surface area is 147 Å². The monoisotopic (exact) mass is 334 g/mol. The fraction of sp³-hybridized carbons (Fsp3) is 0.714. The minimum Gasteiger partial charge on any atom is -0.508 e. The second-order valence-electron chi connectivity index (χ2n) is 7.94. The third kappa shape index (κ3) is 3.78. The van der Waals surface area contributed by atoms with Gasteiger partial charge in [0.15, 0.2) is 0 Å². The van der Waals surface area contributed by atoms with Gasteiger partial charge in [0.1, 0.15) is 5.75 Å². The van der Waals surface area contributed by atoms with E-state index in [1.165, 1.54) is 16.7 Å². The Balaban J connectivity index is 2.31. The number of benzene rings is 1. The average molecular weight is 335 g/mol. The van der Waals surface area contributed by atoms with Gasteiger partial charge in [-0.25, -0.2) is 0 Å². The van der Waals surface area contributed by atoms with Gasteiger partial charge in [-0.15, -0.1) is 0 Å². The summed E-state index contributed by atoms with van der Waals surface area (Å²) in [6.07, 6.45) is 5.55. The lowest BCUT2D eigenvalue weighted by Gasteiger charge is -2.41. The highest BCUT2D eigenvalue weighted by molar-refractivity contribution is 5.52. The SMILES string of the molecule is COCC[C@@H](C)CCc1c(C)c(O)cc2c1CC[C@H](OC)C2(C)C. The third-order valence-electron chi connectivity index (χ3n) is 5.95. The minimum absolute atomic E-state index is 0.0655. The van der Waals surface area contributed by atoms with Gasteiger partial charge >= 0.3 is 0 Å². The van der Waals surface area contributed by atoms with Crippen LogP contribution < -0.4 is 0 Å². The molecule has 24 heavy (non-hydrogen) atoms. The van der Waals surface area contributed by atoms with Gasteiger partial charge in [-0.2, -0.15) is 0 Å². The third-order valence-corrected chi connectivity index (χ3v) is 5.95. The van der Waals surface area contributed by atoms with E-state index in [9.17, 15) is 5.11 Å². The summed E-state index contributed by atoms with van der Waals surface area (Å²) in [5.41, 5.74) is 5.06. The molecule has 1 aromatic rings. The van der Waals surface area contributed by atoms with Crippen molar-refractivity contribution in [1.29, 1.82) is 0 Å². The lowest BCUT2D eigenvalue weighted by atomic mass is 9.68. The van der Waals surface area contributed by atoms with Crippen molar-refractivity contribution in [2.45, 2.75) is 71.3 Å². The molecular weight excluding hydrogens is 300 g/mol. The van der Waals surface area contributed by atoms with Crippen LogP contribution in [0.4, 0.5) is 0 Å². The van der Waals surface area contributed by atoms with Gasteiger partial charge in [-0.05, 0) is 73.3 Å². The van der Waals surface area contributed by atoms with E-state index in [0.717, 1.165) is 44.3 Å². The zero-order chi connectivity index (χ0) is 17.9. The normalized spacial score (nSPS) is 20.7. The Bertz CT molecular complexity index is 563. The summed E-state index contributed by atoms with van der Waals surface area (Å²) in [7, 11) is 3.56. The second kappa shape index (κ2) is 7.88. The fourth-order valence-corrected chi connectivity index (χ4v) is 4.15. The van der Waals surface area contributed by atoms with E-state index in [1.807, 2.05) is 6.07 Å². The van der Waals surface area contributed by atoms with E-state index in [0.29, 0.717) is 11.7 Å². The van der Waals surface area contributed by atoms with E-state index in [4.69, 9.17) is 9.47 Å². The molecule has 0 saturated carbocycles. The van der Waals surface area contributed by atoms with Crippen molar-refractivity contribution in [2.24, 2.45) is 5.92 Å². The lowest BCUT2D eigenvalue weighted by molar-refractivity contribution is 0.0327. The molecule has 0 unspecified atom stereocenters. The summed E-state index contributed by atoms with van der Waals surface area (Å²) < 4.78 is 10.9. The van der Waals surface area contributed by atoms with Crippen LogP contribution in [0.1, 0.15) is 62.3 Å². The molecule has 0 fully saturated rings. The van der Waals surface area contributed by atoms with Crippen molar-refractivity contribution < 1.29 is 14.6 Å². The molecular formula is C21H34O3. The van der Waals surface area contributed by atoms with Crippen molar-refractivity contribution >= 4 is 0 Å². The van der Waals surface area contributed by atoms with E-state index in [-0.39, 0.29) is 11.5 Å². The summed E-state index contributed by atoms with van der Waals surface area (Å²) in [4.78, 5) is 0. The Hall–Kier alpha value is -1.06. The van der Waals surface area contributed by atoms with Gasteiger partial charge in [0.2, 0.25) is 0 Å². The number of methoxy groups -OCH3 is 2. The maximum absolute atomic E-state index is 10.5. The number of hydrogen-bond donors (Lipinski definition) is 1. The summed E-state index contributed by atoms with van der Waals surface area (Å²) in [5.74, 6) is 1.06. The smallest absolute Gasteiger partial charge is 0.119 e. The van der Waals surface area contributed by atoms with Crippen LogP contribution >= 0.6 is 0 Å². The molecule has 1 aromatic carbocycles. The Morgan fingerprint density at radius 1 is 1.29 bits per heavy atom. The van der Waals surface area contributed by atoms with Crippen LogP contribution in [0.5, 0.6) is 5.75 Å². The number of phenols is 1. The molecule has 0 aliphatic heterocycles. The highest BCUT2D eigenvalue weighted by Gasteiger charge is 2.38. The largest absolute Gasteiger partial charge is 0.508 e. The van der Waals surface area contributed by atoms with Crippen LogP contribution in [0, 0.1) is 12.8 Å². The molecule has 3 nitrogen and oxygen atoms in total. The van der Waals surface area contributed by atoms with Gasteiger partial charge in [0, 0.05) is 26.2 Å². The molecule has 3 heteroatoms. The van der Waals surface area contributed by atoms with Crippen molar-refractivity contribution in [3.05, 3.63) is 28.3 Å². The van der Waals surface area contributed by atoms with Gasteiger partial charge in [0.05, 0.1) is 6.10 Å². The first-order valence-electron chi connectivity index (χ1n) is 9.19. The summed E-state index contributed by atoms with van der Waals surface area (Å²) in [5, 5.41) is 10.5. The zero-order valence-electron chi connectivity index (χ0n) is 16.2. The topological polar surface area (TPSA) is 38.7 Å². The number of ether oxygens (including phenoxy) is 2. The van der Waals surface area contributed by atoms with Crippen molar-refractivity contribution in [2.75, 3.05) is 20.8 Å². The van der Waals surface area contributed by atoms with Crippen LogP contribution in [0.25, 0.3) is 0 Å². The summed E-state index contributed by atoms with van der Waals surface area (Å²) >= 11 is 0. The number of aromatic hydroxyl groups is 1. The van der Waals surface area contributed by atoms with Gasteiger partial charge < -0.3 is 14.6 Å². The lowest BCUT2D eigenvalue weighted by Crippen LogP contribution is -2.40. The molecule has 0 amide bonds. The van der Waals surface area contributed by atoms with Gasteiger partial charge in [-0.3, -0.25) is 0 Å². The predicted molar refractivity (Wildman–Crippen MR) is 99.0 cm³/mol.